The SMILES string of the molecule is CN1C2CC(c3c(OC(F)F)cccc3C3OC31)c1c2nc2ncc(-c3cnc(C4(O)CC(C)(C#N)C4)nc3)cn12. The van der Waals surface area contributed by atoms with Gasteiger partial charge in [0, 0.05) is 60.2 Å². The average Bonchev–Trinajstić information content (AvgIpc) is 3.52. The molecule has 10 nitrogen and oxygen atoms in total. The summed E-state index contributed by atoms with van der Waals surface area (Å²) in [5.41, 5.74) is 2.92. The topological polar surface area (TPSA) is 125 Å². The van der Waals surface area contributed by atoms with Gasteiger partial charge in [0.15, 0.2) is 5.82 Å². The molecule has 4 unspecified atom stereocenters. The number of nitrogens with zero attached hydrogens (tertiary/aromatic N) is 7. The van der Waals surface area contributed by atoms with Crippen molar-refractivity contribution < 1.29 is 23.4 Å². The smallest absolute Gasteiger partial charge is 0.387 e. The molecule has 1 saturated heterocycles. The second-order valence-corrected chi connectivity index (χ2v) is 11.8. The van der Waals surface area contributed by atoms with Gasteiger partial charge in [0.25, 0.3) is 0 Å². The Kier molecular flexibility index (Phi) is 4.98. The number of hydrogen-bond acceptors (Lipinski definition) is 9. The van der Waals surface area contributed by atoms with Gasteiger partial charge in [-0.1, -0.05) is 12.1 Å². The summed E-state index contributed by atoms with van der Waals surface area (Å²) in [6.45, 7) is -1.14. The van der Waals surface area contributed by atoms with Gasteiger partial charge in [-0.25, -0.2) is 19.9 Å². The number of nitriles is 1. The number of fused-ring (bicyclic) bond motifs is 11. The molecule has 2 fully saturated rings. The van der Waals surface area contributed by atoms with Gasteiger partial charge >= 0.3 is 6.61 Å². The molecule has 4 atom stereocenters. The summed E-state index contributed by atoms with van der Waals surface area (Å²) >= 11 is 0. The molecule has 1 aromatic carbocycles. The van der Waals surface area contributed by atoms with Crippen molar-refractivity contribution in [2.45, 2.75) is 62.7 Å². The van der Waals surface area contributed by atoms with Crippen LogP contribution in [0.25, 0.3) is 16.9 Å². The second kappa shape index (κ2) is 8.25. The summed E-state index contributed by atoms with van der Waals surface area (Å²) in [4.78, 5) is 20.5. The van der Waals surface area contributed by atoms with Crippen molar-refractivity contribution in [2.75, 3.05) is 7.05 Å². The van der Waals surface area contributed by atoms with Crippen molar-refractivity contribution in [2.24, 2.45) is 5.41 Å². The largest absolute Gasteiger partial charge is 0.435 e. The van der Waals surface area contributed by atoms with Crippen LogP contribution in [0.2, 0.25) is 0 Å². The molecule has 2 aliphatic carbocycles. The lowest BCUT2D eigenvalue weighted by Crippen LogP contribution is -2.48. The van der Waals surface area contributed by atoms with Crippen LogP contribution in [0, 0.1) is 16.7 Å². The average molecular weight is 558 g/mol. The second-order valence-electron chi connectivity index (χ2n) is 11.8. The maximum atomic E-state index is 13.5. The summed E-state index contributed by atoms with van der Waals surface area (Å²) in [5, 5.41) is 20.2. The van der Waals surface area contributed by atoms with Gasteiger partial charge < -0.3 is 14.6 Å². The zero-order chi connectivity index (χ0) is 28.3. The van der Waals surface area contributed by atoms with Gasteiger partial charge in [-0.2, -0.15) is 14.0 Å². The van der Waals surface area contributed by atoms with Crippen LogP contribution in [0.1, 0.15) is 72.6 Å². The molecule has 1 N–H and O–H groups in total. The standard InChI is InChI=1S/C29H25F2N7O3/c1-28(13-32)11-29(39,12-28)25-33-7-14(8-34-25)15-9-35-27-36-21-18-6-17(22(21)38(27)10-15)20-16(23-24(41-23)37(18)2)4-3-5-19(20)40-26(30)31/h3-5,7-10,17-18,23-24,26,39H,6,11-12H2,1-2H3. The number of aromatic nitrogens is 5. The Balaban J connectivity index is 1.22. The van der Waals surface area contributed by atoms with Crippen LogP contribution in [0.15, 0.2) is 43.0 Å². The van der Waals surface area contributed by atoms with E-state index in [0.29, 0.717) is 29.1 Å². The number of rotatable bonds is 4. The van der Waals surface area contributed by atoms with E-state index in [2.05, 4.69) is 25.9 Å². The highest BCUT2D eigenvalue weighted by molar-refractivity contribution is 5.62. The molecule has 8 rings (SSSR count). The maximum absolute atomic E-state index is 13.5. The Morgan fingerprint density at radius 2 is 1.93 bits per heavy atom. The molecule has 4 aromatic rings. The molecule has 0 radical (unpaired) electrons. The first kappa shape index (κ1) is 24.7. The number of benzene rings is 1. The summed E-state index contributed by atoms with van der Waals surface area (Å²) < 4.78 is 39.9. The predicted octanol–water partition coefficient (Wildman–Crippen LogP) is 4.22. The molecule has 0 amide bonds. The molecular weight excluding hydrogens is 532 g/mol. The first-order valence-electron chi connectivity index (χ1n) is 13.5. The number of likely N-dealkylation sites (N-methyl/N-ethyl adjacent to an activating group) is 1. The summed E-state index contributed by atoms with van der Waals surface area (Å²) in [5.74, 6) is 0.680. The molecular formula is C29H25F2N7O3. The fourth-order valence-electron chi connectivity index (χ4n) is 7.16. The van der Waals surface area contributed by atoms with E-state index in [0.717, 1.165) is 22.5 Å². The number of epoxide rings is 1. The minimum Gasteiger partial charge on any atom is -0.435 e. The molecule has 12 heteroatoms. The van der Waals surface area contributed by atoms with Gasteiger partial charge in [-0.3, -0.25) is 9.30 Å². The number of halogens is 2. The van der Waals surface area contributed by atoms with Gasteiger partial charge in [0.2, 0.25) is 5.78 Å². The van der Waals surface area contributed by atoms with Crippen molar-refractivity contribution in [3.63, 3.8) is 0 Å². The van der Waals surface area contributed by atoms with Crippen LogP contribution in [0.4, 0.5) is 8.78 Å². The number of alkyl halides is 2. The third kappa shape index (κ3) is 3.56. The molecule has 1 saturated carbocycles. The minimum absolute atomic E-state index is 0.0761. The molecule has 5 heterocycles. The number of hydrogen-bond donors (Lipinski definition) is 1. The number of ether oxygens (including phenoxy) is 2. The zero-order valence-electron chi connectivity index (χ0n) is 22.2. The summed E-state index contributed by atoms with van der Waals surface area (Å²) in [6, 6.07) is 7.39. The van der Waals surface area contributed by atoms with Gasteiger partial charge in [0.1, 0.15) is 23.7 Å². The molecule has 41 heavy (non-hydrogen) atoms. The molecule has 2 aliphatic heterocycles. The van der Waals surface area contributed by atoms with Gasteiger partial charge in [0.05, 0.1) is 28.9 Å². The van der Waals surface area contributed by atoms with E-state index in [1.807, 2.05) is 30.6 Å². The van der Waals surface area contributed by atoms with E-state index in [4.69, 9.17) is 14.5 Å². The molecule has 2 bridgehead atoms. The fourth-order valence-corrected chi connectivity index (χ4v) is 7.16. The first-order chi connectivity index (χ1) is 19.7. The normalized spacial score (nSPS) is 31.4. The zero-order valence-corrected chi connectivity index (χ0v) is 22.2. The van der Waals surface area contributed by atoms with Crippen LogP contribution in [-0.2, 0) is 10.3 Å². The fraction of sp³-hybridized carbons (Fsp3) is 0.414. The minimum atomic E-state index is -2.95. The quantitative estimate of drug-likeness (QED) is 0.367. The highest BCUT2D eigenvalue weighted by Crippen LogP contribution is 2.58. The molecule has 4 aliphatic rings. The molecule has 0 spiro atoms. The Labute approximate surface area is 233 Å². The number of imidazole rings is 1. The van der Waals surface area contributed by atoms with Crippen molar-refractivity contribution in [3.05, 3.63) is 71.3 Å². The van der Waals surface area contributed by atoms with E-state index >= 15 is 0 Å². The monoisotopic (exact) mass is 557 g/mol. The highest BCUT2D eigenvalue weighted by atomic mass is 19.3. The van der Waals surface area contributed by atoms with Crippen molar-refractivity contribution >= 4 is 5.78 Å². The van der Waals surface area contributed by atoms with Crippen LogP contribution in [-0.4, -0.2) is 54.2 Å². The predicted molar refractivity (Wildman–Crippen MR) is 139 cm³/mol. The Morgan fingerprint density at radius 3 is 2.66 bits per heavy atom. The van der Waals surface area contributed by atoms with E-state index in [1.54, 1.807) is 30.7 Å². The Morgan fingerprint density at radius 1 is 1.17 bits per heavy atom. The lowest BCUT2D eigenvalue weighted by Gasteiger charge is -2.46. The molecule has 3 aromatic heterocycles. The van der Waals surface area contributed by atoms with E-state index < -0.39 is 17.6 Å². The van der Waals surface area contributed by atoms with Crippen LogP contribution < -0.4 is 4.74 Å². The van der Waals surface area contributed by atoms with Crippen molar-refractivity contribution in [3.8, 4) is 22.9 Å². The molecule has 208 valence electrons. The Bertz CT molecular complexity index is 1760. The maximum Gasteiger partial charge on any atom is 0.387 e. The first-order valence-corrected chi connectivity index (χ1v) is 13.5. The third-order valence-corrected chi connectivity index (χ3v) is 9.02. The van der Waals surface area contributed by atoms with Gasteiger partial charge in [-0.15, -0.1) is 0 Å². The van der Waals surface area contributed by atoms with E-state index in [-0.39, 0.29) is 42.9 Å². The Hall–Kier alpha value is -4.05. The van der Waals surface area contributed by atoms with Crippen LogP contribution >= 0.6 is 0 Å². The summed E-state index contributed by atoms with van der Waals surface area (Å²) in [7, 11) is 2.00. The van der Waals surface area contributed by atoms with E-state index in [9.17, 15) is 19.1 Å². The van der Waals surface area contributed by atoms with Crippen molar-refractivity contribution in [1.82, 2.24) is 29.2 Å². The third-order valence-electron chi connectivity index (χ3n) is 9.02. The van der Waals surface area contributed by atoms with E-state index in [1.165, 1.54) is 0 Å². The van der Waals surface area contributed by atoms with Gasteiger partial charge in [-0.05, 0) is 32.0 Å². The van der Waals surface area contributed by atoms with Crippen molar-refractivity contribution in [1.29, 1.82) is 5.26 Å². The lowest BCUT2D eigenvalue weighted by molar-refractivity contribution is -0.109. The van der Waals surface area contributed by atoms with Crippen LogP contribution in [0.5, 0.6) is 5.75 Å². The summed E-state index contributed by atoms with van der Waals surface area (Å²) in [6.07, 6.45) is 7.70. The number of aliphatic hydroxyl groups is 1. The lowest BCUT2D eigenvalue weighted by atomic mass is 9.60. The van der Waals surface area contributed by atoms with Crippen LogP contribution in [0.3, 0.4) is 0 Å². The highest BCUT2D eigenvalue weighted by Gasteiger charge is 2.55.